The minimum Gasteiger partial charge on any atom is -0.298 e. The average Bonchev–Trinajstić information content (AvgIpc) is 1.65. The van der Waals surface area contributed by atoms with Crippen molar-refractivity contribution in [1.82, 2.24) is 0 Å². The highest BCUT2D eigenvalue weighted by atomic mass is 127. The molecule has 7 heavy (non-hydrogen) atoms. The normalized spacial score (nSPS) is 13.6. The van der Waals surface area contributed by atoms with Crippen LogP contribution in [0.4, 0.5) is 0 Å². The minimum atomic E-state index is 0.150. The molecular weight excluding hydrogens is 271 g/mol. The molecule has 1 unspecified atom stereocenters. The van der Waals surface area contributed by atoms with Gasteiger partial charge in [0.2, 0.25) is 0 Å². The number of alkyl halides is 2. The van der Waals surface area contributed by atoms with Crippen molar-refractivity contribution >= 4 is 44.3 Å². The van der Waals surface area contributed by atoms with Gasteiger partial charge < -0.3 is 0 Å². The minimum absolute atomic E-state index is 0.150. The van der Waals surface area contributed by atoms with Gasteiger partial charge in [-0.05, 0) is 6.92 Å². The Morgan fingerprint density at radius 2 is 2.43 bits per heavy atom. The van der Waals surface area contributed by atoms with E-state index >= 15 is 0 Å². The molecule has 0 aliphatic rings. The SMILES string of the molecule is CC(I)C(=O)CBr. The summed E-state index contributed by atoms with van der Waals surface area (Å²) in [7, 11) is 0. The van der Waals surface area contributed by atoms with Gasteiger partial charge in [-0.2, -0.15) is 0 Å². The number of hydrogen-bond donors (Lipinski definition) is 0. The second-order valence-electron chi connectivity index (χ2n) is 1.22. The van der Waals surface area contributed by atoms with E-state index in [1.54, 1.807) is 0 Å². The van der Waals surface area contributed by atoms with Crippen LogP contribution in [-0.4, -0.2) is 15.0 Å². The second-order valence-corrected chi connectivity index (χ2v) is 3.65. The average molecular weight is 277 g/mol. The molecule has 0 amide bonds. The number of halogens is 2. The lowest BCUT2D eigenvalue weighted by atomic mass is 10.4. The van der Waals surface area contributed by atoms with Crippen molar-refractivity contribution in [1.29, 1.82) is 0 Å². The fourth-order valence-electron chi connectivity index (χ4n) is 0.106. The Balaban J connectivity index is 3.35. The Morgan fingerprint density at radius 3 is 2.43 bits per heavy atom. The summed E-state index contributed by atoms with van der Waals surface area (Å²) in [6.45, 7) is 1.88. The highest BCUT2D eigenvalue weighted by Gasteiger charge is 2.03. The van der Waals surface area contributed by atoms with Crippen LogP contribution in [0.15, 0.2) is 0 Å². The lowest BCUT2D eigenvalue weighted by molar-refractivity contribution is -0.115. The summed E-state index contributed by atoms with van der Waals surface area (Å²) >= 11 is 5.15. The van der Waals surface area contributed by atoms with Crippen LogP contribution < -0.4 is 0 Å². The predicted molar refractivity (Wildman–Crippen MR) is 42.3 cm³/mol. The summed E-state index contributed by atoms with van der Waals surface area (Å²) < 4.78 is 0.150. The van der Waals surface area contributed by atoms with Crippen molar-refractivity contribution in [2.45, 2.75) is 10.8 Å². The van der Waals surface area contributed by atoms with Crippen LogP contribution in [-0.2, 0) is 4.79 Å². The first-order chi connectivity index (χ1) is 3.18. The van der Waals surface area contributed by atoms with Gasteiger partial charge in [0.25, 0.3) is 0 Å². The van der Waals surface area contributed by atoms with Crippen LogP contribution in [0, 0.1) is 0 Å². The number of Topliss-reactive ketones (excluding diaryl/α,β-unsaturated/α-hetero) is 1. The van der Waals surface area contributed by atoms with Crippen LogP contribution in [0.25, 0.3) is 0 Å². The Hall–Kier alpha value is 0.880. The maximum Gasteiger partial charge on any atom is 0.155 e. The van der Waals surface area contributed by atoms with Crippen molar-refractivity contribution in [2.24, 2.45) is 0 Å². The molecule has 0 saturated carbocycles. The van der Waals surface area contributed by atoms with E-state index in [-0.39, 0.29) is 9.71 Å². The third-order valence-corrected chi connectivity index (χ3v) is 1.82. The molecule has 0 aromatic rings. The molecule has 0 bridgehead atoms. The molecule has 0 aromatic carbocycles. The first-order valence-electron chi connectivity index (χ1n) is 1.91. The maximum absolute atomic E-state index is 10.5. The third-order valence-electron chi connectivity index (χ3n) is 0.575. The molecule has 0 radical (unpaired) electrons. The summed E-state index contributed by atoms with van der Waals surface area (Å²) in [6, 6.07) is 0. The molecule has 0 rings (SSSR count). The number of hydrogen-bond acceptors (Lipinski definition) is 1. The van der Waals surface area contributed by atoms with E-state index in [1.807, 2.05) is 6.92 Å². The molecule has 0 heterocycles. The highest BCUT2D eigenvalue weighted by Crippen LogP contribution is 2.00. The van der Waals surface area contributed by atoms with Crippen LogP contribution in [0.2, 0.25) is 0 Å². The monoisotopic (exact) mass is 276 g/mol. The standard InChI is InChI=1S/C4H6BrIO/c1-3(6)4(7)2-5/h3H,2H2,1H3. The van der Waals surface area contributed by atoms with Crippen LogP contribution in [0.5, 0.6) is 0 Å². The molecule has 0 aromatic heterocycles. The lowest BCUT2D eigenvalue weighted by Gasteiger charge is -1.93. The summed E-state index contributed by atoms with van der Waals surface area (Å²) in [4.78, 5) is 10.5. The van der Waals surface area contributed by atoms with Crippen LogP contribution in [0.3, 0.4) is 0 Å². The van der Waals surface area contributed by atoms with E-state index in [4.69, 9.17) is 0 Å². The molecule has 1 atom stereocenters. The van der Waals surface area contributed by atoms with Gasteiger partial charge in [0.05, 0.1) is 9.25 Å². The van der Waals surface area contributed by atoms with Gasteiger partial charge in [-0.15, -0.1) is 0 Å². The van der Waals surface area contributed by atoms with Crippen LogP contribution >= 0.6 is 38.5 Å². The van der Waals surface area contributed by atoms with Gasteiger partial charge in [-0.3, -0.25) is 4.79 Å². The molecule has 0 aliphatic carbocycles. The largest absolute Gasteiger partial charge is 0.298 e. The van der Waals surface area contributed by atoms with Gasteiger partial charge in [0.15, 0.2) is 5.78 Å². The molecule has 0 N–H and O–H groups in total. The van der Waals surface area contributed by atoms with Crippen molar-refractivity contribution in [3.63, 3.8) is 0 Å². The maximum atomic E-state index is 10.5. The van der Waals surface area contributed by atoms with E-state index < -0.39 is 0 Å². The summed E-state index contributed by atoms with van der Waals surface area (Å²) in [6.07, 6.45) is 0. The van der Waals surface area contributed by atoms with E-state index in [2.05, 4.69) is 38.5 Å². The molecule has 0 aliphatic heterocycles. The van der Waals surface area contributed by atoms with Crippen LogP contribution in [0.1, 0.15) is 6.92 Å². The fraction of sp³-hybridized carbons (Fsp3) is 0.750. The summed E-state index contributed by atoms with van der Waals surface area (Å²) in [5.74, 6) is 0.251. The van der Waals surface area contributed by atoms with Crippen molar-refractivity contribution in [3.05, 3.63) is 0 Å². The molecule has 0 fully saturated rings. The molecule has 3 heteroatoms. The Labute approximate surface area is 65.1 Å². The lowest BCUT2D eigenvalue weighted by Crippen LogP contribution is -2.09. The molecular formula is C4H6BrIO. The molecule has 42 valence electrons. The first kappa shape index (κ1) is 7.88. The number of carbonyl (C=O) groups is 1. The predicted octanol–water partition coefficient (Wildman–Crippen LogP) is 1.77. The van der Waals surface area contributed by atoms with Gasteiger partial charge in [0, 0.05) is 0 Å². The summed E-state index contributed by atoms with van der Waals surface area (Å²) in [5, 5.41) is 0.483. The fourth-order valence-corrected chi connectivity index (χ4v) is 1.42. The van der Waals surface area contributed by atoms with E-state index in [0.717, 1.165) is 0 Å². The van der Waals surface area contributed by atoms with E-state index in [0.29, 0.717) is 5.33 Å². The van der Waals surface area contributed by atoms with Gasteiger partial charge >= 0.3 is 0 Å². The molecule has 1 nitrogen and oxygen atoms in total. The zero-order valence-electron chi connectivity index (χ0n) is 3.95. The molecule has 0 spiro atoms. The summed E-state index contributed by atoms with van der Waals surface area (Å²) in [5.41, 5.74) is 0. The molecule has 0 saturated heterocycles. The Morgan fingerprint density at radius 1 is 2.00 bits per heavy atom. The second kappa shape index (κ2) is 3.83. The van der Waals surface area contributed by atoms with Crippen molar-refractivity contribution in [2.75, 3.05) is 5.33 Å². The van der Waals surface area contributed by atoms with E-state index in [1.165, 1.54) is 0 Å². The van der Waals surface area contributed by atoms with Gasteiger partial charge in [-0.25, -0.2) is 0 Å². The van der Waals surface area contributed by atoms with Crippen molar-refractivity contribution in [3.8, 4) is 0 Å². The quantitative estimate of drug-likeness (QED) is 0.555. The van der Waals surface area contributed by atoms with Gasteiger partial charge in [0.1, 0.15) is 0 Å². The van der Waals surface area contributed by atoms with Gasteiger partial charge in [-0.1, -0.05) is 38.5 Å². The van der Waals surface area contributed by atoms with Crippen molar-refractivity contribution < 1.29 is 4.79 Å². The Kier molecular flexibility index (Phi) is 4.31. The van der Waals surface area contributed by atoms with E-state index in [9.17, 15) is 4.79 Å². The smallest absolute Gasteiger partial charge is 0.155 e. The zero-order chi connectivity index (χ0) is 5.86. The number of carbonyl (C=O) groups excluding carboxylic acids is 1. The highest BCUT2D eigenvalue weighted by molar-refractivity contribution is 14.1. The number of ketones is 1. The first-order valence-corrected chi connectivity index (χ1v) is 4.28. The third kappa shape index (κ3) is 3.46. The Bertz CT molecular complexity index is 72.1. The number of rotatable bonds is 2. The topological polar surface area (TPSA) is 17.1 Å². The zero-order valence-corrected chi connectivity index (χ0v) is 7.69.